The van der Waals surface area contributed by atoms with E-state index in [1.165, 1.54) is 0 Å². The minimum Gasteiger partial charge on any atom is -0.226 e. The molecule has 0 unspecified atom stereocenters. The Balaban J connectivity index is 2.64. The number of benzene rings is 1. The lowest BCUT2D eigenvalue weighted by atomic mass is 10.1. The Bertz CT molecular complexity index is 460. The van der Waals surface area contributed by atoms with E-state index in [0.717, 1.165) is 26.2 Å². The van der Waals surface area contributed by atoms with Crippen molar-refractivity contribution >= 4 is 31.9 Å². The summed E-state index contributed by atoms with van der Waals surface area (Å²) in [7, 11) is 0. The third-order valence-corrected chi connectivity index (χ3v) is 3.14. The average molecular weight is 328 g/mol. The standard InChI is InChI=1S/C11H8Br2N2/c1-7-14-10(12)9(11(13)15-7)8-5-3-2-4-6-8/h2-6H,1H3. The molecule has 0 aliphatic heterocycles. The zero-order chi connectivity index (χ0) is 10.8. The van der Waals surface area contributed by atoms with Gasteiger partial charge in [0, 0.05) is 5.56 Å². The molecule has 2 nitrogen and oxygen atoms in total. The van der Waals surface area contributed by atoms with Gasteiger partial charge in [0.15, 0.2) is 0 Å². The largest absolute Gasteiger partial charge is 0.226 e. The van der Waals surface area contributed by atoms with Gasteiger partial charge in [-0.05, 0) is 44.3 Å². The summed E-state index contributed by atoms with van der Waals surface area (Å²) in [5.41, 5.74) is 2.08. The first-order chi connectivity index (χ1) is 7.18. The first kappa shape index (κ1) is 10.8. The normalized spacial score (nSPS) is 10.3. The van der Waals surface area contributed by atoms with Crippen molar-refractivity contribution in [2.45, 2.75) is 6.92 Å². The fraction of sp³-hybridized carbons (Fsp3) is 0.0909. The maximum Gasteiger partial charge on any atom is 0.127 e. The van der Waals surface area contributed by atoms with Crippen molar-refractivity contribution in [2.24, 2.45) is 0 Å². The Morgan fingerprint density at radius 3 is 2.00 bits per heavy atom. The summed E-state index contributed by atoms with van der Waals surface area (Å²) in [5.74, 6) is 0.744. The molecule has 0 aliphatic carbocycles. The molecule has 0 aliphatic rings. The van der Waals surface area contributed by atoms with Gasteiger partial charge < -0.3 is 0 Å². The van der Waals surface area contributed by atoms with E-state index in [0.29, 0.717) is 0 Å². The Morgan fingerprint density at radius 2 is 1.47 bits per heavy atom. The summed E-state index contributed by atoms with van der Waals surface area (Å²) in [6.45, 7) is 1.87. The maximum atomic E-state index is 4.29. The van der Waals surface area contributed by atoms with E-state index >= 15 is 0 Å². The van der Waals surface area contributed by atoms with Crippen LogP contribution in [0.4, 0.5) is 0 Å². The number of halogens is 2. The number of nitrogens with zero attached hydrogens (tertiary/aromatic N) is 2. The molecule has 0 bridgehead atoms. The fourth-order valence-electron chi connectivity index (χ4n) is 1.35. The van der Waals surface area contributed by atoms with Crippen molar-refractivity contribution in [2.75, 3.05) is 0 Å². The summed E-state index contributed by atoms with van der Waals surface area (Å²) in [6.07, 6.45) is 0. The van der Waals surface area contributed by atoms with Gasteiger partial charge >= 0.3 is 0 Å². The monoisotopic (exact) mass is 326 g/mol. The van der Waals surface area contributed by atoms with Gasteiger partial charge in [0.25, 0.3) is 0 Å². The predicted molar refractivity (Wildman–Crippen MR) is 67.6 cm³/mol. The SMILES string of the molecule is Cc1nc(Br)c(-c2ccccc2)c(Br)n1. The smallest absolute Gasteiger partial charge is 0.127 e. The van der Waals surface area contributed by atoms with Crippen molar-refractivity contribution in [3.8, 4) is 11.1 Å². The molecule has 0 spiro atoms. The zero-order valence-corrected chi connectivity index (χ0v) is 11.2. The van der Waals surface area contributed by atoms with Crippen molar-refractivity contribution in [3.05, 3.63) is 45.4 Å². The number of hydrogen-bond acceptors (Lipinski definition) is 2. The van der Waals surface area contributed by atoms with Crippen LogP contribution in [0.1, 0.15) is 5.82 Å². The van der Waals surface area contributed by atoms with Crippen molar-refractivity contribution in [3.63, 3.8) is 0 Å². The molecule has 1 aromatic carbocycles. The number of rotatable bonds is 1. The minimum absolute atomic E-state index is 0.744. The van der Waals surface area contributed by atoms with E-state index in [9.17, 15) is 0 Å². The highest BCUT2D eigenvalue weighted by molar-refractivity contribution is 9.11. The average Bonchev–Trinajstić information content (AvgIpc) is 2.17. The molecule has 0 fully saturated rings. The molecule has 2 rings (SSSR count). The van der Waals surface area contributed by atoms with Crippen LogP contribution in [0, 0.1) is 6.92 Å². The quantitative estimate of drug-likeness (QED) is 0.740. The summed E-state index contributed by atoms with van der Waals surface area (Å²) in [4.78, 5) is 8.57. The molecular weight excluding hydrogens is 320 g/mol. The zero-order valence-electron chi connectivity index (χ0n) is 8.04. The third-order valence-electron chi connectivity index (χ3n) is 1.99. The van der Waals surface area contributed by atoms with Crippen LogP contribution in [0.25, 0.3) is 11.1 Å². The minimum atomic E-state index is 0.744. The highest BCUT2D eigenvalue weighted by Gasteiger charge is 2.10. The van der Waals surface area contributed by atoms with Crippen LogP contribution in [0.2, 0.25) is 0 Å². The molecule has 15 heavy (non-hydrogen) atoms. The van der Waals surface area contributed by atoms with Crippen molar-refractivity contribution in [1.82, 2.24) is 9.97 Å². The molecule has 0 saturated heterocycles. The lowest BCUT2D eigenvalue weighted by Gasteiger charge is -2.06. The van der Waals surface area contributed by atoms with E-state index in [2.05, 4.69) is 41.8 Å². The van der Waals surface area contributed by atoms with Gasteiger partial charge in [-0.2, -0.15) is 0 Å². The first-order valence-corrected chi connectivity index (χ1v) is 6.02. The lowest BCUT2D eigenvalue weighted by Crippen LogP contribution is -1.93. The number of aromatic nitrogens is 2. The Kier molecular flexibility index (Phi) is 3.17. The van der Waals surface area contributed by atoms with E-state index in [-0.39, 0.29) is 0 Å². The molecule has 0 amide bonds. The van der Waals surface area contributed by atoms with Gasteiger partial charge in [-0.25, -0.2) is 9.97 Å². The van der Waals surface area contributed by atoms with Crippen LogP contribution >= 0.6 is 31.9 Å². The van der Waals surface area contributed by atoms with Gasteiger partial charge in [0.2, 0.25) is 0 Å². The fourth-order valence-corrected chi connectivity index (χ4v) is 2.96. The van der Waals surface area contributed by atoms with E-state index < -0.39 is 0 Å². The second-order valence-electron chi connectivity index (χ2n) is 3.09. The van der Waals surface area contributed by atoms with Gasteiger partial charge in [-0.1, -0.05) is 30.3 Å². The molecule has 4 heteroatoms. The highest BCUT2D eigenvalue weighted by Crippen LogP contribution is 2.32. The third kappa shape index (κ3) is 2.26. The van der Waals surface area contributed by atoms with E-state index in [1.54, 1.807) is 0 Å². The molecule has 0 N–H and O–H groups in total. The Morgan fingerprint density at radius 1 is 0.933 bits per heavy atom. The highest BCUT2D eigenvalue weighted by atomic mass is 79.9. The van der Waals surface area contributed by atoms with Gasteiger partial charge in [0.05, 0.1) is 0 Å². The number of aryl methyl sites for hydroxylation is 1. The molecule has 76 valence electrons. The summed E-state index contributed by atoms with van der Waals surface area (Å²) in [5, 5.41) is 0. The first-order valence-electron chi connectivity index (χ1n) is 4.43. The molecule has 2 aromatic rings. The van der Waals surface area contributed by atoms with Crippen LogP contribution in [-0.2, 0) is 0 Å². The molecule has 0 radical (unpaired) electrons. The van der Waals surface area contributed by atoms with Gasteiger partial charge in [-0.15, -0.1) is 0 Å². The second kappa shape index (κ2) is 4.41. The van der Waals surface area contributed by atoms with Crippen LogP contribution in [-0.4, -0.2) is 9.97 Å². The van der Waals surface area contributed by atoms with Crippen molar-refractivity contribution in [1.29, 1.82) is 0 Å². The molecule has 1 heterocycles. The van der Waals surface area contributed by atoms with Crippen LogP contribution < -0.4 is 0 Å². The van der Waals surface area contributed by atoms with Crippen LogP contribution in [0.15, 0.2) is 39.5 Å². The summed E-state index contributed by atoms with van der Waals surface area (Å²) >= 11 is 6.91. The lowest BCUT2D eigenvalue weighted by molar-refractivity contribution is 1.02. The summed E-state index contributed by atoms with van der Waals surface area (Å²) < 4.78 is 1.63. The second-order valence-corrected chi connectivity index (χ2v) is 4.60. The number of hydrogen-bond donors (Lipinski definition) is 0. The Hall–Kier alpha value is -0.740. The molecule has 0 atom stereocenters. The predicted octanol–water partition coefficient (Wildman–Crippen LogP) is 3.98. The van der Waals surface area contributed by atoms with Crippen molar-refractivity contribution < 1.29 is 0 Å². The maximum absolute atomic E-state index is 4.29. The molecule has 0 saturated carbocycles. The van der Waals surface area contributed by atoms with Crippen LogP contribution in [0.5, 0.6) is 0 Å². The van der Waals surface area contributed by atoms with E-state index in [1.807, 2.05) is 37.3 Å². The summed E-state index contributed by atoms with van der Waals surface area (Å²) in [6, 6.07) is 10.0. The topological polar surface area (TPSA) is 25.8 Å². The van der Waals surface area contributed by atoms with Crippen LogP contribution in [0.3, 0.4) is 0 Å². The van der Waals surface area contributed by atoms with E-state index in [4.69, 9.17) is 0 Å². The molecule has 1 aromatic heterocycles. The van der Waals surface area contributed by atoms with Gasteiger partial charge in [0.1, 0.15) is 15.0 Å². The Labute approximate surface area is 105 Å². The van der Waals surface area contributed by atoms with Gasteiger partial charge in [-0.3, -0.25) is 0 Å². The molecular formula is C11H8Br2N2.